The first-order chi connectivity index (χ1) is 9.66. The third-order valence-corrected chi connectivity index (χ3v) is 3.49. The normalized spacial score (nSPS) is 17.6. The third-order valence-electron chi connectivity index (χ3n) is 3.49. The Bertz CT molecular complexity index is 656. The molecule has 1 N–H and O–H groups in total. The van der Waals surface area contributed by atoms with Crippen LogP contribution in [-0.2, 0) is 11.3 Å². The number of fused-ring (bicyclic) bond motifs is 1. The van der Waals surface area contributed by atoms with Gasteiger partial charge in [0.2, 0.25) is 5.91 Å². The fourth-order valence-electron chi connectivity index (χ4n) is 2.44. The number of halogens is 1. The molecule has 1 aliphatic rings. The van der Waals surface area contributed by atoms with Crippen LogP contribution in [0, 0.1) is 5.82 Å². The van der Waals surface area contributed by atoms with Gasteiger partial charge in [-0.3, -0.25) is 4.79 Å². The van der Waals surface area contributed by atoms with E-state index in [9.17, 15) is 9.18 Å². The molecule has 0 radical (unpaired) electrons. The molecule has 0 saturated heterocycles. The van der Waals surface area contributed by atoms with Crippen molar-refractivity contribution in [3.8, 4) is 0 Å². The van der Waals surface area contributed by atoms with E-state index in [2.05, 4.69) is 5.32 Å². The second kappa shape index (κ2) is 4.96. The van der Waals surface area contributed by atoms with Crippen LogP contribution in [0.5, 0.6) is 0 Å². The molecule has 20 heavy (non-hydrogen) atoms. The highest BCUT2D eigenvalue weighted by Gasteiger charge is 2.29. The molecule has 2 aromatic carbocycles. The fourth-order valence-corrected chi connectivity index (χ4v) is 2.44. The van der Waals surface area contributed by atoms with Gasteiger partial charge in [-0.25, -0.2) is 4.39 Å². The minimum Gasteiger partial charge on any atom is -0.372 e. The SMILES string of the molecule is CC1Nc2ccccc2N(Cc2ccccc2F)C1=O. The second-order valence-corrected chi connectivity index (χ2v) is 4.90. The molecule has 102 valence electrons. The van der Waals surface area contributed by atoms with Gasteiger partial charge >= 0.3 is 0 Å². The van der Waals surface area contributed by atoms with Gasteiger partial charge in [0.15, 0.2) is 0 Å². The molecule has 0 bridgehead atoms. The van der Waals surface area contributed by atoms with Crippen LogP contribution >= 0.6 is 0 Å². The van der Waals surface area contributed by atoms with Crippen LogP contribution in [0.4, 0.5) is 15.8 Å². The molecule has 0 spiro atoms. The highest BCUT2D eigenvalue weighted by Crippen LogP contribution is 2.32. The average Bonchev–Trinajstić information content (AvgIpc) is 2.46. The molecule has 0 fully saturated rings. The summed E-state index contributed by atoms with van der Waals surface area (Å²) in [5.41, 5.74) is 2.21. The Balaban J connectivity index is 2.00. The van der Waals surface area contributed by atoms with Crippen molar-refractivity contribution in [2.24, 2.45) is 0 Å². The molecule has 3 nitrogen and oxygen atoms in total. The number of benzene rings is 2. The van der Waals surface area contributed by atoms with Crippen molar-refractivity contribution in [1.82, 2.24) is 0 Å². The average molecular weight is 270 g/mol. The zero-order chi connectivity index (χ0) is 14.1. The highest BCUT2D eigenvalue weighted by atomic mass is 19.1. The summed E-state index contributed by atoms with van der Waals surface area (Å²) in [5.74, 6) is -0.337. The van der Waals surface area contributed by atoms with Gasteiger partial charge in [-0.2, -0.15) is 0 Å². The Morgan fingerprint density at radius 2 is 1.85 bits per heavy atom. The van der Waals surface area contributed by atoms with Crippen molar-refractivity contribution >= 4 is 17.3 Å². The number of hydrogen-bond acceptors (Lipinski definition) is 2. The molecule has 1 heterocycles. The smallest absolute Gasteiger partial charge is 0.249 e. The number of para-hydroxylation sites is 2. The van der Waals surface area contributed by atoms with E-state index in [1.54, 1.807) is 23.1 Å². The van der Waals surface area contributed by atoms with E-state index in [4.69, 9.17) is 0 Å². The van der Waals surface area contributed by atoms with Crippen LogP contribution in [-0.4, -0.2) is 11.9 Å². The summed E-state index contributed by atoms with van der Waals surface area (Å²) in [4.78, 5) is 14.0. The van der Waals surface area contributed by atoms with Crippen LogP contribution in [0.25, 0.3) is 0 Å². The summed E-state index contributed by atoms with van der Waals surface area (Å²) in [6.07, 6.45) is 0. The van der Waals surface area contributed by atoms with Gasteiger partial charge in [0.05, 0.1) is 17.9 Å². The van der Waals surface area contributed by atoms with Gasteiger partial charge in [0, 0.05) is 5.56 Å². The Morgan fingerprint density at radius 3 is 2.65 bits per heavy atom. The molecule has 1 amide bonds. The monoisotopic (exact) mass is 270 g/mol. The van der Waals surface area contributed by atoms with E-state index in [-0.39, 0.29) is 24.3 Å². The number of nitrogens with one attached hydrogen (secondary N) is 1. The van der Waals surface area contributed by atoms with Gasteiger partial charge in [-0.15, -0.1) is 0 Å². The van der Waals surface area contributed by atoms with E-state index in [1.165, 1.54) is 6.07 Å². The number of carbonyl (C=O) groups excluding carboxylic acids is 1. The Morgan fingerprint density at radius 1 is 1.15 bits per heavy atom. The lowest BCUT2D eigenvalue weighted by Gasteiger charge is -2.34. The van der Waals surface area contributed by atoms with E-state index >= 15 is 0 Å². The maximum atomic E-state index is 13.8. The number of rotatable bonds is 2. The van der Waals surface area contributed by atoms with E-state index in [0.717, 1.165) is 11.4 Å². The second-order valence-electron chi connectivity index (χ2n) is 4.90. The third kappa shape index (κ3) is 2.13. The van der Waals surface area contributed by atoms with Crippen molar-refractivity contribution in [2.75, 3.05) is 10.2 Å². The minimum atomic E-state index is -0.309. The lowest BCUT2D eigenvalue weighted by Crippen LogP contribution is -2.45. The van der Waals surface area contributed by atoms with Gasteiger partial charge in [-0.05, 0) is 25.1 Å². The molecule has 3 rings (SSSR count). The van der Waals surface area contributed by atoms with Crippen molar-refractivity contribution in [3.05, 3.63) is 59.9 Å². The maximum Gasteiger partial charge on any atom is 0.249 e. The molecular formula is C16H15FN2O. The van der Waals surface area contributed by atoms with Crippen molar-refractivity contribution in [1.29, 1.82) is 0 Å². The lowest BCUT2D eigenvalue weighted by atomic mass is 10.1. The molecule has 0 aromatic heterocycles. The van der Waals surface area contributed by atoms with Crippen molar-refractivity contribution < 1.29 is 9.18 Å². The zero-order valence-corrected chi connectivity index (χ0v) is 11.1. The Labute approximate surface area is 117 Å². The van der Waals surface area contributed by atoms with Crippen LogP contribution < -0.4 is 10.2 Å². The van der Waals surface area contributed by atoms with Crippen LogP contribution in [0.1, 0.15) is 12.5 Å². The summed E-state index contributed by atoms with van der Waals surface area (Å²) in [6.45, 7) is 2.06. The van der Waals surface area contributed by atoms with Gasteiger partial charge in [-0.1, -0.05) is 30.3 Å². The number of nitrogens with zero attached hydrogens (tertiary/aromatic N) is 1. The Hall–Kier alpha value is -2.36. The minimum absolute atomic E-state index is 0.0491. The van der Waals surface area contributed by atoms with Gasteiger partial charge in [0.25, 0.3) is 0 Å². The summed E-state index contributed by atoms with van der Waals surface area (Å²) in [5, 5.41) is 3.16. The molecule has 2 aromatic rings. The lowest BCUT2D eigenvalue weighted by molar-refractivity contribution is -0.119. The molecule has 1 unspecified atom stereocenters. The highest BCUT2D eigenvalue weighted by molar-refractivity contribution is 6.04. The number of anilines is 2. The van der Waals surface area contributed by atoms with Crippen molar-refractivity contribution in [3.63, 3.8) is 0 Å². The summed E-state index contributed by atoms with van der Waals surface area (Å²) >= 11 is 0. The summed E-state index contributed by atoms with van der Waals surface area (Å²) < 4.78 is 13.8. The first-order valence-electron chi connectivity index (χ1n) is 6.57. The predicted octanol–water partition coefficient (Wildman–Crippen LogP) is 3.17. The molecule has 0 aliphatic carbocycles. The van der Waals surface area contributed by atoms with Gasteiger partial charge in [0.1, 0.15) is 11.9 Å². The number of amides is 1. The number of carbonyl (C=O) groups is 1. The fraction of sp³-hybridized carbons (Fsp3) is 0.188. The van der Waals surface area contributed by atoms with Crippen LogP contribution in [0.3, 0.4) is 0 Å². The number of hydrogen-bond donors (Lipinski definition) is 1. The standard InChI is InChI=1S/C16H15FN2O/c1-11-16(20)19(10-12-6-2-3-7-13(12)17)15-9-5-4-8-14(15)18-11/h2-9,11,18H,10H2,1H3. The molecule has 1 aliphatic heterocycles. The first kappa shape index (κ1) is 12.7. The van der Waals surface area contributed by atoms with E-state index in [0.29, 0.717) is 5.56 Å². The topological polar surface area (TPSA) is 32.3 Å². The maximum absolute atomic E-state index is 13.8. The first-order valence-corrected chi connectivity index (χ1v) is 6.57. The molecule has 4 heteroatoms. The largest absolute Gasteiger partial charge is 0.372 e. The molecule has 1 atom stereocenters. The quantitative estimate of drug-likeness (QED) is 0.909. The summed E-state index contributed by atoms with van der Waals surface area (Å²) in [7, 11) is 0. The van der Waals surface area contributed by atoms with Crippen LogP contribution in [0.15, 0.2) is 48.5 Å². The Kier molecular flexibility index (Phi) is 3.14. The molecule has 0 saturated carbocycles. The summed E-state index contributed by atoms with van der Waals surface area (Å²) in [6, 6.07) is 13.8. The zero-order valence-electron chi connectivity index (χ0n) is 11.1. The van der Waals surface area contributed by atoms with Gasteiger partial charge < -0.3 is 10.2 Å². The van der Waals surface area contributed by atoms with Crippen molar-refractivity contribution in [2.45, 2.75) is 19.5 Å². The van der Waals surface area contributed by atoms with Crippen LogP contribution in [0.2, 0.25) is 0 Å². The van der Waals surface area contributed by atoms with E-state index < -0.39 is 0 Å². The molecular weight excluding hydrogens is 255 g/mol. The van der Waals surface area contributed by atoms with E-state index in [1.807, 2.05) is 31.2 Å². The predicted molar refractivity (Wildman–Crippen MR) is 77.1 cm³/mol.